The number of nitrogens with zero attached hydrogens (tertiary/aromatic N) is 3. The molecule has 30 heavy (non-hydrogen) atoms. The number of anilines is 1. The van der Waals surface area contributed by atoms with E-state index in [2.05, 4.69) is 15.1 Å². The highest BCUT2D eigenvalue weighted by Crippen LogP contribution is 2.30. The van der Waals surface area contributed by atoms with Gasteiger partial charge in [-0.25, -0.2) is 4.39 Å². The van der Waals surface area contributed by atoms with E-state index in [4.69, 9.17) is 0 Å². The molecule has 3 heterocycles. The van der Waals surface area contributed by atoms with Gasteiger partial charge in [-0.3, -0.25) is 9.48 Å². The molecule has 11 heteroatoms. The molecule has 2 N–H and O–H groups in total. The van der Waals surface area contributed by atoms with Gasteiger partial charge in [0.15, 0.2) is 0 Å². The molecule has 0 saturated carbocycles. The van der Waals surface area contributed by atoms with E-state index in [1.807, 2.05) is 17.5 Å². The molecule has 0 bridgehead atoms. The Balaban J connectivity index is 1.46. The molecule has 4 rings (SSSR count). The highest BCUT2D eigenvalue weighted by molar-refractivity contribution is 7.87. The van der Waals surface area contributed by atoms with Crippen molar-refractivity contribution in [2.75, 3.05) is 12.4 Å². The molecule has 8 nitrogen and oxygen atoms in total. The summed E-state index contributed by atoms with van der Waals surface area (Å²) in [5.74, 6) is -0.737. The van der Waals surface area contributed by atoms with Gasteiger partial charge in [-0.2, -0.15) is 22.5 Å². The van der Waals surface area contributed by atoms with E-state index < -0.39 is 28.2 Å². The van der Waals surface area contributed by atoms with Gasteiger partial charge < -0.3 is 5.32 Å². The number of nitrogens with one attached hydrogen (secondary N) is 2. The third-order valence-corrected chi connectivity index (χ3v) is 7.50. The number of carbonyl (C=O) groups excluding carboxylic acids is 1. The zero-order valence-corrected chi connectivity index (χ0v) is 17.7. The Morgan fingerprint density at radius 3 is 2.80 bits per heavy atom. The van der Waals surface area contributed by atoms with Crippen molar-refractivity contribution in [1.29, 1.82) is 0 Å². The number of benzene rings is 1. The van der Waals surface area contributed by atoms with Crippen LogP contribution in [0.3, 0.4) is 0 Å². The minimum absolute atomic E-state index is 0.311. The predicted molar refractivity (Wildman–Crippen MR) is 112 cm³/mol. The summed E-state index contributed by atoms with van der Waals surface area (Å²) < 4.78 is 43.3. The standard InChI is InChI=1S/C19H20FN5O3S2/c1-24-17(9-16(23-30(24,27)28)18-3-2-8-29-18)19(26)22-15-10-21-25(12-15)11-13-4-6-14(20)7-5-13/h2-8,10,12,16-17,23H,9,11H2,1H3,(H,22,26)/t16-,17-/m0/s1. The molecule has 0 radical (unpaired) electrons. The SMILES string of the molecule is CN1[C@H](C(=O)Nc2cnn(Cc3ccc(F)cc3)c2)C[C@@H](c2cccs2)NS1(=O)=O. The maximum atomic E-state index is 13.0. The smallest absolute Gasteiger partial charge is 0.280 e. The molecule has 1 aliphatic heterocycles. The zero-order chi connectivity index (χ0) is 21.3. The molecule has 1 saturated heterocycles. The summed E-state index contributed by atoms with van der Waals surface area (Å²) in [6, 6.07) is 8.45. The number of likely N-dealkylation sites (N-methyl/N-ethyl adjacent to an activating group) is 1. The van der Waals surface area contributed by atoms with Crippen LogP contribution in [0.15, 0.2) is 54.2 Å². The molecule has 1 aliphatic rings. The second kappa shape index (κ2) is 8.26. The minimum atomic E-state index is -3.78. The van der Waals surface area contributed by atoms with Crippen LogP contribution < -0.4 is 10.0 Å². The third-order valence-electron chi connectivity index (χ3n) is 4.92. The highest BCUT2D eigenvalue weighted by Gasteiger charge is 2.41. The van der Waals surface area contributed by atoms with E-state index in [-0.39, 0.29) is 5.82 Å². The number of aromatic nitrogens is 2. The first kappa shape index (κ1) is 20.7. The van der Waals surface area contributed by atoms with Crippen molar-refractivity contribution >= 4 is 33.1 Å². The normalized spacial score (nSPS) is 21.4. The maximum absolute atomic E-state index is 13.0. The molecular formula is C19H20FN5O3S2. The van der Waals surface area contributed by atoms with Gasteiger partial charge in [0.25, 0.3) is 10.2 Å². The lowest BCUT2D eigenvalue weighted by Crippen LogP contribution is -2.55. The average Bonchev–Trinajstić information content (AvgIpc) is 3.38. The fourth-order valence-corrected chi connectivity index (χ4v) is 5.43. The molecule has 2 atom stereocenters. The van der Waals surface area contributed by atoms with Crippen LogP contribution in [-0.4, -0.2) is 41.5 Å². The lowest BCUT2D eigenvalue weighted by atomic mass is 10.1. The van der Waals surface area contributed by atoms with Gasteiger partial charge in [0.05, 0.1) is 24.5 Å². The topological polar surface area (TPSA) is 96.3 Å². The van der Waals surface area contributed by atoms with Gasteiger partial charge in [-0.05, 0) is 35.6 Å². The predicted octanol–water partition coefficient (Wildman–Crippen LogP) is 2.35. The Hall–Kier alpha value is -2.60. The number of amides is 1. The summed E-state index contributed by atoms with van der Waals surface area (Å²) >= 11 is 1.44. The van der Waals surface area contributed by atoms with E-state index in [1.165, 1.54) is 36.7 Å². The van der Waals surface area contributed by atoms with Crippen molar-refractivity contribution in [3.05, 3.63) is 70.4 Å². The first-order valence-corrected chi connectivity index (χ1v) is 11.5. The van der Waals surface area contributed by atoms with E-state index >= 15 is 0 Å². The molecule has 1 aromatic carbocycles. The van der Waals surface area contributed by atoms with Crippen molar-refractivity contribution in [2.45, 2.75) is 25.0 Å². The molecule has 158 valence electrons. The van der Waals surface area contributed by atoms with Crippen LogP contribution in [-0.2, 0) is 21.5 Å². The van der Waals surface area contributed by atoms with Crippen molar-refractivity contribution in [1.82, 2.24) is 18.8 Å². The lowest BCUT2D eigenvalue weighted by molar-refractivity contribution is -0.120. The Bertz CT molecular complexity index is 1130. The van der Waals surface area contributed by atoms with Crippen LogP contribution in [0.5, 0.6) is 0 Å². The summed E-state index contributed by atoms with van der Waals surface area (Å²) in [6.45, 7) is 0.415. The monoisotopic (exact) mass is 449 g/mol. The molecular weight excluding hydrogens is 429 g/mol. The first-order chi connectivity index (χ1) is 14.3. The Kier molecular flexibility index (Phi) is 5.69. The van der Waals surface area contributed by atoms with E-state index in [0.29, 0.717) is 18.7 Å². The second-order valence-corrected chi connectivity index (χ2v) is 9.74. The van der Waals surface area contributed by atoms with Crippen molar-refractivity contribution in [3.8, 4) is 0 Å². The molecule has 2 aromatic heterocycles. The Labute approximate surface area is 177 Å². The fourth-order valence-electron chi connectivity index (χ4n) is 3.30. The van der Waals surface area contributed by atoms with Crippen molar-refractivity contribution in [3.63, 3.8) is 0 Å². The molecule has 3 aromatic rings. The average molecular weight is 450 g/mol. The van der Waals surface area contributed by atoms with E-state index in [1.54, 1.807) is 23.0 Å². The third kappa shape index (κ3) is 4.43. The number of halogens is 1. The molecule has 0 spiro atoms. The highest BCUT2D eigenvalue weighted by atomic mass is 32.2. The number of carbonyl (C=O) groups is 1. The fraction of sp³-hybridized carbons (Fsp3) is 0.263. The summed E-state index contributed by atoms with van der Waals surface area (Å²) in [5, 5.41) is 8.82. The maximum Gasteiger partial charge on any atom is 0.280 e. The summed E-state index contributed by atoms with van der Waals surface area (Å²) in [6.07, 6.45) is 3.45. The first-order valence-electron chi connectivity index (χ1n) is 9.18. The van der Waals surface area contributed by atoms with Crippen LogP contribution in [0.4, 0.5) is 10.1 Å². The Morgan fingerprint density at radius 1 is 1.33 bits per heavy atom. The number of rotatable bonds is 5. The number of hydrogen-bond acceptors (Lipinski definition) is 5. The number of hydrogen-bond donors (Lipinski definition) is 2. The van der Waals surface area contributed by atoms with Crippen LogP contribution in [0, 0.1) is 5.82 Å². The summed E-state index contributed by atoms with van der Waals surface area (Å²) in [4.78, 5) is 13.7. The summed E-state index contributed by atoms with van der Waals surface area (Å²) in [7, 11) is -2.40. The summed E-state index contributed by atoms with van der Waals surface area (Å²) in [5.41, 5.74) is 1.32. The molecule has 1 amide bonds. The van der Waals surface area contributed by atoms with Crippen molar-refractivity contribution < 1.29 is 17.6 Å². The van der Waals surface area contributed by atoms with Crippen molar-refractivity contribution in [2.24, 2.45) is 0 Å². The van der Waals surface area contributed by atoms with Crippen LogP contribution >= 0.6 is 11.3 Å². The van der Waals surface area contributed by atoms with Crippen LogP contribution in [0.1, 0.15) is 22.9 Å². The van der Waals surface area contributed by atoms with E-state index in [0.717, 1.165) is 14.7 Å². The molecule has 0 unspecified atom stereocenters. The largest absolute Gasteiger partial charge is 0.322 e. The van der Waals surface area contributed by atoms with Gasteiger partial charge in [0.2, 0.25) is 5.91 Å². The lowest BCUT2D eigenvalue weighted by Gasteiger charge is -2.35. The molecule has 0 aliphatic carbocycles. The second-order valence-electron chi connectivity index (χ2n) is 7.00. The van der Waals surface area contributed by atoms with Crippen LogP contribution in [0.25, 0.3) is 0 Å². The van der Waals surface area contributed by atoms with Gasteiger partial charge in [0, 0.05) is 18.1 Å². The quantitative estimate of drug-likeness (QED) is 0.625. The number of thiophene rings is 1. The van der Waals surface area contributed by atoms with Gasteiger partial charge in [-0.15, -0.1) is 11.3 Å². The van der Waals surface area contributed by atoms with Crippen LogP contribution in [0.2, 0.25) is 0 Å². The van der Waals surface area contributed by atoms with E-state index in [9.17, 15) is 17.6 Å². The zero-order valence-electron chi connectivity index (χ0n) is 16.0. The Morgan fingerprint density at radius 2 is 2.10 bits per heavy atom. The van der Waals surface area contributed by atoms with Gasteiger partial charge in [0.1, 0.15) is 11.9 Å². The molecule has 1 fully saturated rings. The van der Waals surface area contributed by atoms with Gasteiger partial charge >= 0.3 is 0 Å². The minimum Gasteiger partial charge on any atom is -0.322 e. The van der Waals surface area contributed by atoms with Gasteiger partial charge in [-0.1, -0.05) is 18.2 Å².